The molecule has 0 aromatic heterocycles. The molecule has 1 aromatic rings. The average molecular weight is 299 g/mol. The molecule has 3 heteroatoms. The van der Waals surface area contributed by atoms with Crippen LogP contribution in [0.25, 0.3) is 0 Å². The lowest BCUT2D eigenvalue weighted by atomic mass is 9.85. The van der Waals surface area contributed by atoms with Gasteiger partial charge in [-0.15, -0.1) is 0 Å². The van der Waals surface area contributed by atoms with Gasteiger partial charge in [-0.25, -0.2) is 0 Å². The van der Waals surface area contributed by atoms with E-state index in [1.54, 1.807) is 0 Å². The van der Waals surface area contributed by atoms with Crippen molar-refractivity contribution in [3.8, 4) is 5.75 Å². The van der Waals surface area contributed by atoms with E-state index >= 15 is 0 Å². The summed E-state index contributed by atoms with van der Waals surface area (Å²) in [6.45, 7) is 0.409. The van der Waals surface area contributed by atoms with Gasteiger partial charge < -0.3 is 9.84 Å². The molecule has 1 aromatic carbocycles. The Morgan fingerprint density at radius 1 is 1.18 bits per heavy atom. The number of benzene rings is 1. The van der Waals surface area contributed by atoms with Crippen molar-refractivity contribution in [1.29, 1.82) is 0 Å². The molecular formula is C14H19BrO2. The van der Waals surface area contributed by atoms with E-state index in [9.17, 15) is 5.11 Å². The van der Waals surface area contributed by atoms with E-state index < -0.39 is 0 Å². The van der Waals surface area contributed by atoms with Gasteiger partial charge in [-0.3, -0.25) is 0 Å². The minimum atomic E-state index is -0.320. The van der Waals surface area contributed by atoms with Gasteiger partial charge in [-0.1, -0.05) is 35.2 Å². The van der Waals surface area contributed by atoms with Crippen molar-refractivity contribution < 1.29 is 9.84 Å². The fraction of sp³-hybridized carbons (Fsp3) is 0.571. The molecule has 0 radical (unpaired) electrons. The first-order valence-electron chi connectivity index (χ1n) is 6.32. The highest BCUT2D eigenvalue weighted by Crippen LogP contribution is 2.27. The maximum Gasteiger partial charge on any atom is 0.119 e. The second-order valence-corrected chi connectivity index (χ2v) is 5.65. The van der Waals surface area contributed by atoms with Crippen LogP contribution in [-0.2, 0) is 0 Å². The molecule has 2 nitrogen and oxygen atoms in total. The molecule has 1 saturated carbocycles. The van der Waals surface area contributed by atoms with Gasteiger partial charge in [0.1, 0.15) is 12.4 Å². The van der Waals surface area contributed by atoms with Crippen molar-refractivity contribution in [3.63, 3.8) is 0 Å². The summed E-state index contributed by atoms with van der Waals surface area (Å²) in [7, 11) is 0. The first-order chi connectivity index (χ1) is 8.25. The predicted molar refractivity (Wildman–Crippen MR) is 72.2 cm³/mol. The summed E-state index contributed by atoms with van der Waals surface area (Å²) in [5.41, 5.74) is 0. The lowest BCUT2D eigenvalue weighted by Crippen LogP contribution is -2.28. The first-order valence-corrected chi connectivity index (χ1v) is 7.11. The third-order valence-corrected chi connectivity index (χ3v) is 3.96. The number of halogens is 1. The fourth-order valence-corrected chi connectivity index (χ4v) is 2.63. The molecule has 1 N–H and O–H groups in total. The third-order valence-electron chi connectivity index (χ3n) is 3.43. The molecule has 1 fully saturated rings. The Morgan fingerprint density at radius 3 is 2.47 bits per heavy atom. The number of aliphatic hydroxyl groups excluding tert-OH is 1. The summed E-state index contributed by atoms with van der Waals surface area (Å²) in [6.07, 6.45) is 5.78. The lowest BCUT2D eigenvalue weighted by Gasteiger charge is -2.26. The minimum absolute atomic E-state index is 0.320. The van der Waals surface area contributed by atoms with E-state index in [-0.39, 0.29) is 6.10 Å². The SMILES string of the molecule is OC(COc1ccc(Br)cc1)C1CCCCC1. The van der Waals surface area contributed by atoms with Crippen LogP contribution in [0, 0.1) is 5.92 Å². The first kappa shape index (κ1) is 12.9. The number of rotatable bonds is 4. The number of ether oxygens (including phenoxy) is 1. The average Bonchev–Trinajstić information content (AvgIpc) is 2.39. The predicted octanol–water partition coefficient (Wildman–Crippen LogP) is 3.77. The largest absolute Gasteiger partial charge is 0.491 e. The van der Waals surface area contributed by atoms with E-state index in [0.717, 1.165) is 23.1 Å². The van der Waals surface area contributed by atoms with Gasteiger partial charge in [0.2, 0.25) is 0 Å². The van der Waals surface area contributed by atoms with E-state index in [1.165, 1.54) is 19.3 Å². The van der Waals surface area contributed by atoms with Crippen LogP contribution in [0.2, 0.25) is 0 Å². The van der Waals surface area contributed by atoms with Crippen LogP contribution in [0.5, 0.6) is 5.75 Å². The summed E-state index contributed by atoms with van der Waals surface area (Å²) >= 11 is 3.38. The maximum absolute atomic E-state index is 10.1. The molecule has 0 aliphatic heterocycles. The molecule has 0 bridgehead atoms. The molecule has 1 atom stereocenters. The normalized spacial score (nSPS) is 18.9. The van der Waals surface area contributed by atoms with Crippen LogP contribution >= 0.6 is 15.9 Å². The molecule has 1 unspecified atom stereocenters. The van der Waals surface area contributed by atoms with Crippen LogP contribution in [0.3, 0.4) is 0 Å². The second kappa shape index (κ2) is 6.41. The zero-order valence-corrected chi connectivity index (χ0v) is 11.5. The fourth-order valence-electron chi connectivity index (χ4n) is 2.37. The van der Waals surface area contributed by atoms with Crippen molar-refractivity contribution >= 4 is 15.9 Å². The summed E-state index contributed by atoms with van der Waals surface area (Å²) in [6, 6.07) is 7.72. The summed E-state index contributed by atoms with van der Waals surface area (Å²) < 4.78 is 6.64. The monoisotopic (exact) mass is 298 g/mol. The minimum Gasteiger partial charge on any atom is -0.491 e. The van der Waals surface area contributed by atoms with Gasteiger partial charge in [-0.05, 0) is 43.0 Å². The topological polar surface area (TPSA) is 29.5 Å². The molecule has 2 rings (SSSR count). The molecular weight excluding hydrogens is 280 g/mol. The van der Waals surface area contributed by atoms with Crippen molar-refractivity contribution in [1.82, 2.24) is 0 Å². The summed E-state index contributed by atoms with van der Waals surface area (Å²) in [5, 5.41) is 10.1. The molecule has 94 valence electrons. The Bertz CT molecular complexity index is 331. The van der Waals surface area contributed by atoms with Gasteiger partial charge >= 0.3 is 0 Å². The molecule has 0 spiro atoms. The Morgan fingerprint density at radius 2 is 1.82 bits per heavy atom. The van der Waals surface area contributed by atoms with Crippen molar-refractivity contribution in [3.05, 3.63) is 28.7 Å². The van der Waals surface area contributed by atoms with Crippen LogP contribution in [0.4, 0.5) is 0 Å². The quantitative estimate of drug-likeness (QED) is 0.917. The van der Waals surface area contributed by atoms with Gasteiger partial charge in [0.25, 0.3) is 0 Å². The number of aliphatic hydroxyl groups is 1. The van der Waals surface area contributed by atoms with Crippen molar-refractivity contribution in [2.75, 3.05) is 6.61 Å². The van der Waals surface area contributed by atoms with E-state index in [2.05, 4.69) is 15.9 Å². The molecule has 1 aliphatic rings. The van der Waals surface area contributed by atoms with Gasteiger partial charge in [-0.2, -0.15) is 0 Å². The summed E-state index contributed by atoms with van der Waals surface area (Å²) in [5.74, 6) is 1.25. The Hall–Kier alpha value is -0.540. The zero-order chi connectivity index (χ0) is 12.1. The highest BCUT2D eigenvalue weighted by atomic mass is 79.9. The zero-order valence-electron chi connectivity index (χ0n) is 9.94. The van der Waals surface area contributed by atoms with Crippen LogP contribution in [0.15, 0.2) is 28.7 Å². The third kappa shape index (κ3) is 4.00. The van der Waals surface area contributed by atoms with E-state index in [0.29, 0.717) is 12.5 Å². The van der Waals surface area contributed by atoms with Gasteiger partial charge in [0.15, 0.2) is 0 Å². The van der Waals surface area contributed by atoms with Crippen LogP contribution < -0.4 is 4.74 Å². The molecule has 17 heavy (non-hydrogen) atoms. The Balaban J connectivity index is 1.78. The van der Waals surface area contributed by atoms with E-state index in [4.69, 9.17) is 4.74 Å². The number of hydrogen-bond donors (Lipinski definition) is 1. The summed E-state index contributed by atoms with van der Waals surface area (Å²) in [4.78, 5) is 0. The Labute approximate surface area is 111 Å². The molecule has 1 aliphatic carbocycles. The smallest absolute Gasteiger partial charge is 0.119 e. The van der Waals surface area contributed by atoms with Gasteiger partial charge in [0, 0.05) is 4.47 Å². The highest BCUT2D eigenvalue weighted by Gasteiger charge is 2.21. The van der Waals surface area contributed by atoms with Crippen molar-refractivity contribution in [2.45, 2.75) is 38.2 Å². The molecule has 0 amide bonds. The van der Waals surface area contributed by atoms with Crippen LogP contribution in [-0.4, -0.2) is 17.8 Å². The standard InChI is InChI=1S/C14H19BrO2/c15-12-6-8-13(9-7-12)17-10-14(16)11-4-2-1-3-5-11/h6-9,11,14,16H,1-5,10H2. The molecule has 0 saturated heterocycles. The lowest BCUT2D eigenvalue weighted by molar-refractivity contribution is 0.0413. The Kier molecular flexibility index (Phi) is 4.86. The molecule has 0 heterocycles. The van der Waals surface area contributed by atoms with E-state index in [1.807, 2.05) is 24.3 Å². The van der Waals surface area contributed by atoms with Crippen LogP contribution in [0.1, 0.15) is 32.1 Å². The highest BCUT2D eigenvalue weighted by molar-refractivity contribution is 9.10. The van der Waals surface area contributed by atoms with Crippen molar-refractivity contribution in [2.24, 2.45) is 5.92 Å². The second-order valence-electron chi connectivity index (χ2n) is 4.73. The van der Waals surface area contributed by atoms with Gasteiger partial charge in [0.05, 0.1) is 6.10 Å². The maximum atomic E-state index is 10.1. The number of hydrogen-bond acceptors (Lipinski definition) is 2.